The molecular weight excluding hydrogens is 228 g/mol. The molecule has 1 aromatic rings. The fourth-order valence-corrected chi connectivity index (χ4v) is 2.27. The Morgan fingerprint density at radius 1 is 1.56 bits per heavy atom. The van der Waals surface area contributed by atoms with E-state index in [4.69, 9.17) is 9.47 Å². The van der Waals surface area contributed by atoms with Crippen LogP contribution in [0.1, 0.15) is 32.3 Å². The molecule has 0 aliphatic carbocycles. The number of hydrogen-bond acceptors (Lipinski definition) is 4. The van der Waals surface area contributed by atoms with Crippen molar-refractivity contribution in [1.82, 2.24) is 10.3 Å². The van der Waals surface area contributed by atoms with Crippen LogP contribution in [0.3, 0.4) is 0 Å². The minimum absolute atomic E-state index is 0.0479. The van der Waals surface area contributed by atoms with E-state index in [0.29, 0.717) is 12.0 Å². The molecule has 1 fully saturated rings. The van der Waals surface area contributed by atoms with E-state index in [0.717, 1.165) is 25.9 Å². The number of nitrogens with zero attached hydrogens (tertiary/aromatic N) is 1. The minimum atomic E-state index is 0.0479. The summed E-state index contributed by atoms with van der Waals surface area (Å²) in [6.45, 7) is 6.02. The molecule has 0 radical (unpaired) electrons. The SMILES string of the molecule is COc1cc(CNCC2CCC(C)(C)O2)ccn1. The van der Waals surface area contributed by atoms with Gasteiger partial charge in [-0.05, 0) is 38.3 Å². The number of ether oxygens (including phenoxy) is 2. The van der Waals surface area contributed by atoms with Crippen LogP contribution in [0.25, 0.3) is 0 Å². The molecule has 1 aliphatic rings. The van der Waals surface area contributed by atoms with Crippen LogP contribution >= 0.6 is 0 Å². The third kappa shape index (κ3) is 3.68. The first-order valence-electron chi connectivity index (χ1n) is 6.46. The highest BCUT2D eigenvalue weighted by Crippen LogP contribution is 2.28. The quantitative estimate of drug-likeness (QED) is 0.869. The molecule has 4 nitrogen and oxygen atoms in total. The molecule has 0 amide bonds. The summed E-state index contributed by atoms with van der Waals surface area (Å²) < 4.78 is 11.0. The van der Waals surface area contributed by atoms with E-state index in [1.54, 1.807) is 13.3 Å². The van der Waals surface area contributed by atoms with Crippen molar-refractivity contribution < 1.29 is 9.47 Å². The van der Waals surface area contributed by atoms with Crippen molar-refractivity contribution in [2.24, 2.45) is 0 Å². The van der Waals surface area contributed by atoms with E-state index in [2.05, 4.69) is 24.1 Å². The van der Waals surface area contributed by atoms with Gasteiger partial charge in [0.05, 0.1) is 18.8 Å². The van der Waals surface area contributed by atoms with Gasteiger partial charge in [-0.15, -0.1) is 0 Å². The third-order valence-electron chi connectivity index (χ3n) is 3.26. The summed E-state index contributed by atoms with van der Waals surface area (Å²) in [5, 5.41) is 3.42. The van der Waals surface area contributed by atoms with Gasteiger partial charge >= 0.3 is 0 Å². The summed E-state index contributed by atoms with van der Waals surface area (Å²) in [7, 11) is 1.63. The second-order valence-electron chi connectivity index (χ2n) is 5.38. The monoisotopic (exact) mass is 250 g/mol. The molecule has 2 heterocycles. The molecule has 0 bridgehead atoms. The average Bonchev–Trinajstić information content (AvgIpc) is 2.69. The smallest absolute Gasteiger partial charge is 0.213 e. The minimum Gasteiger partial charge on any atom is -0.481 e. The van der Waals surface area contributed by atoms with Crippen molar-refractivity contribution in [3.63, 3.8) is 0 Å². The molecule has 2 rings (SSSR count). The van der Waals surface area contributed by atoms with Gasteiger partial charge in [0.1, 0.15) is 0 Å². The molecule has 100 valence electrons. The van der Waals surface area contributed by atoms with Crippen LogP contribution in [-0.4, -0.2) is 30.3 Å². The summed E-state index contributed by atoms with van der Waals surface area (Å²) in [6, 6.07) is 3.95. The van der Waals surface area contributed by atoms with E-state index in [9.17, 15) is 0 Å². The van der Waals surface area contributed by atoms with Crippen molar-refractivity contribution in [3.05, 3.63) is 23.9 Å². The van der Waals surface area contributed by atoms with Crippen LogP contribution in [0.2, 0.25) is 0 Å². The predicted molar refractivity (Wildman–Crippen MR) is 70.7 cm³/mol. The van der Waals surface area contributed by atoms with Gasteiger partial charge in [0.15, 0.2) is 0 Å². The Hall–Kier alpha value is -1.13. The average molecular weight is 250 g/mol. The number of hydrogen-bond donors (Lipinski definition) is 1. The van der Waals surface area contributed by atoms with Crippen LogP contribution in [0.5, 0.6) is 5.88 Å². The standard InChI is InChI=1S/C14H22N2O2/c1-14(2)6-4-12(18-14)10-15-9-11-5-7-16-13(8-11)17-3/h5,7-8,12,15H,4,6,9-10H2,1-3H3. The molecule has 1 N–H and O–H groups in total. The Kier molecular flexibility index (Phi) is 4.19. The summed E-state index contributed by atoms with van der Waals surface area (Å²) in [4.78, 5) is 4.09. The summed E-state index contributed by atoms with van der Waals surface area (Å²) >= 11 is 0. The van der Waals surface area contributed by atoms with Crippen molar-refractivity contribution in [1.29, 1.82) is 0 Å². The lowest BCUT2D eigenvalue weighted by molar-refractivity contribution is -0.0142. The Bertz CT molecular complexity index is 393. The highest BCUT2D eigenvalue weighted by Gasteiger charge is 2.30. The molecule has 18 heavy (non-hydrogen) atoms. The first-order chi connectivity index (χ1) is 8.59. The van der Waals surface area contributed by atoms with Crippen molar-refractivity contribution in [2.45, 2.75) is 44.9 Å². The van der Waals surface area contributed by atoms with Crippen LogP contribution in [-0.2, 0) is 11.3 Å². The second kappa shape index (κ2) is 5.67. The molecule has 1 saturated heterocycles. The largest absolute Gasteiger partial charge is 0.481 e. The molecule has 1 unspecified atom stereocenters. The van der Waals surface area contributed by atoms with Crippen molar-refractivity contribution >= 4 is 0 Å². The van der Waals surface area contributed by atoms with Gasteiger partial charge in [-0.25, -0.2) is 4.98 Å². The van der Waals surface area contributed by atoms with Gasteiger partial charge in [0.25, 0.3) is 0 Å². The Morgan fingerprint density at radius 3 is 3.06 bits per heavy atom. The van der Waals surface area contributed by atoms with Crippen LogP contribution in [0.15, 0.2) is 18.3 Å². The predicted octanol–water partition coefficient (Wildman–Crippen LogP) is 2.14. The molecule has 4 heteroatoms. The number of pyridine rings is 1. The van der Waals surface area contributed by atoms with Crippen LogP contribution < -0.4 is 10.1 Å². The van der Waals surface area contributed by atoms with Gasteiger partial charge in [0.2, 0.25) is 5.88 Å². The van der Waals surface area contributed by atoms with Crippen LogP contribution in [0.4, 0.5) is 0 Å². The molecule has 1 aliphatic heterocycles. The Labute approximate surface area is 109 Å². The number of nitrogens with one attached hydrogen (secondary N) is 1. The number of methoxy groups -OCH3 is 1. The molecule has 0 saturated carbocycles. The first kappa shape index (κ1) is 13.3. The Morgan fingerprint density at radius 2 is 2.39 bits per heavy atom. The van der Waals surface area contributed by atoms with E-state index >= 15 is 0 Å². The van der Waals surface area contributed by atoms with E-state index in [-0.39, 0.29) is 5.60 Å². The zero-order valence-electron chi connectivity index (χ0n) is 11.4. The lowest BCUT2D eigenvalue weighted by Crippen LogP contribution is -2.29. The van der Waals surface area contributed by atoms with Gasteiger partial charge in [0, 0.05) is 25.4 Å². The molecule has 1 aromatic heterocycles. The highest BCUT2D eigenvalue weighted by atomic mass is 16.5. The van der Waals surface area contributed by atoms with Crippen molar-refractivity contribution in [3.8, 4) is 5.88 Å². The van der Waals surface area contributed by atoms with Gasteiger partial charge in [-0.2, -0.15) is 0 Å². The highest BCUT2D eigenvalue weighted by molar-refractivity contribution is 5.20. The maximum atomic E-state index is 5.93. The van der Waals surface area contributed by atoms with E-state index in [1.165, 1.54) is 5.56 Å². The van der Waals surface area contributed by atoms with Gasteiger partial charge in [-0.1, -0.05) is 0 Å². The third-order valence-corrected chi connectivity index (χ3v) is 3.26. The van der Waals surface area contributed by atoms with Gasteiger partial charge < -0.3 is 14.8 Å². The molecule has 0 spiro atoms. The second-order valence-corrected chi connectivity index (χ2v) is 5.38. The van der Waals surface area contributed by atoms with Gasteiger partial charge in [-0.3, -0.25) is 0 Å². The zero-order valence-corrected chi connectivity index (χ0v) is 11.4. The normalized spacial score (nSPS) is 22.1. The summed E-state index contributed by atoms with van der Waals surface area (Å²) in [5.74, 6) is 0.660. The maximum absolute atomic E-state index is 5.93. The lowest BCUT2D eigenvalue weighted by atomic mass is 10.1. The Balaban J connectivity index is 1.75. The number of rotatable bonds is 5. The molecule has 0 aromatic carbocycles. The molecule has 1 atom stereocenters. The van der Waals surface area contributed by atoms with E-state index < -0.39 is 0 Å². The fourth-order valence-electron chi connectivity index (χ4n) is 2.27. The summed E-state index contributed by atoms with van der Waals surface area (Å²) in [5.41, 5.74) is 1.23. The lowest BCUT2D eigenvalue weighted by Gasteiger charge is -2.19. The van der Waals surface area contributed by atoms with E-state index in [1.807, 2.05) is 12.1 Å². The number of aromatic nitrogens is 1. The fraction of sp³-hybridized carbons (Fsp3) is 0.643. The first-order valence-corrected chi connectivity index (χ1v) is 6.46. The maximum Gasteiger partial charge on any atom is 0.213 e. The van der Waals surface area contributed by atoms with Crippen molar-refractivity contribution in [2.75, 3.05) is 13.7 Å². The van der Waals surface area contributed by atoms with Crippen LogP contribution in [0, 0.1) is 0 Å². The zero-order chi connectivity index (χ0) is 13.0. The summed E-state index contributed by atoms with van der Waals surface area (Å²) in [6.07, 6.45) is 4.39. The topological polar surface area (TPSA) is 43.4 Å². The molecular formula is C14H22N2O2.